The van der Waals surface area contributed by atoms with E-state index in [1.165, 1.54) is 6.20 Å². The van der Waals surface area contributed by atoms with Crippen molar-refractivity contribution in [2.24, 2.45) is 11.7 Å². The molecule has 11 heteroatoms. The van der Waals surface area contributed by atoms with Crippen LogP contribution in [0.15, 0.2) is 10.7 Å². The van der Waals surface area contributed by atoms with Crippen molar-refractivity contribution in [2.45, 2.75) is 39.7 Å². The Morgan fingerprint density at radius 1 is 1.33 bits per heavy atom. The predicted molar refractivity (Wildman–Crippen MR) is 96.3 cm³/mol. The highest BCUT2D eigenvalue weighted by atomic mass is 35.5. The molecule has 0 saturated heterocycles. The Morgan fingerprint density at radius 3 is 2.48 bits per heavy atom. The van der Waals surface area contributed by atoms with Crippen molar-refractivity contribution in [3.05, 3.63) is 17.5 Å². The molecule has 0 radical (unpaired) electrons. The van der Waals surface area contributed by atoms with Crippen LogP contribution in [-0.2, 0) is 14.4 Å². The van der Waals surface area contributed by atoms with Crippen molar-refractivity contribution in [3.63, 3.8) is 0 Å². The number of aryl methyl sites for hydroxylation is 1. The molecule has 0 bridgehead atoms. The van der Waals surface area contributed by atoms with E-state index in [0.29, 0.717) is 12.2 Å². The van der Waals surface area contributed by atoms with Crippen LogP contribution in [0.25, 0.3) is 0 Å². The number of hydrazine groups is 1. The molecule has 1 rings (SSSR count). The summed E-state index contributed by atoms with van der Waals surface area (Å²) in [6, 6.07) is -0.925. The number of rotatable bonds is 9. The third-order valence-electron chi connectivity index (χ3n) is 3.57. The standard InChI is InChI=1S/C16H24ClN5O5/c1-9(2)6-12(20-15(25)11-8-19-27-10(11)3)16(26)21-22(14(24)7-17)5-4-13(18)23/h8-9,12H,4-7H2,1-3H3,(H2,18,23)(H,20,25)(H,21,26)/t12-/m0/s1. The van der Waals surface area contributed by atoms with Crippen LogP contribution < -0.4 is 16.5 Å². The SMILES string of the molecule is Cc1oncc1C(=O)N[C@@H](CC(C)C)C(=O)NN(CCC(N)=O)C(=O)CCl. The van der Waals surface area contributed by atoms with E-state index in [9.17, 15) is 19.2 Å². The molecule has 1 heterocycles. The van der Waals surface area contributed by atoms with Crippen LogP contribution in [0.3, 0.4) is 0 Å². The van der Waals surface area contributed by atoms with Gasteiger partial charge in [0.15, 0.2) is 0 Å². The minimum absolute atomic E-state index is 0.0763. The predicted octanol–water partition coefficient (Wildman–Crippen LogP) is 0.102. The Hall–Kier alpha value is -2.62. The first-order valence-corrected chi connectivity index (χ1v) is 8.86. The van der Waals surface area contributed by atoms with Gasteiger partial charge in [-0.3, -0.25) is 29.6 Å². The minimum atomic E-state index is -0.925. The third-order valence-corrected chi connectivity index (χ3v) is 3.80. The Kier molecular flexibility index (Phi) is 8.73. The van der Waals surface area contributed by atoms with Crippen molar-refractivity contribution >= 4 is 35.2 Å². The molecular weight excluding hydrogens is 378 g/mol. The van der Waals surface area contributed by atoms with E-state index in [1.54, 1.807) is 6.92 Å². The van der Waals surface area contributed by atoms with E-state index in [4.69, 9.17) is 21.9 Å². The van der Waals surface area contributed by atoms with Gasteiger partial charge in [-0.05, 0) is 19.3 Å². The summed E-state index contributed by atoms with van der Waals surface area (Å²) < 4.78 is 4.85. The van der Waals surface area contributed by atoms with Gasteiger partial charge in [0.05, 0.1) is 12.7 Å². The first-order chi connectivity index (χ1) is 12.6. The summed E-state index contributed by atoms with van der Waals surface area (Å²) in [5.74, 6) is -2.37. The molecule has 4 N–H and O–H groups in total. The van der Waals surface area contributed by atoms with E-state index in [0.717, 1.165) is 5.01 Å². The molecule has 150 valence electrons. The molecule has 1 aromatic heterocycles. The maximum atomic E-state index is 12.6. The second-order valence-electron chi connectivity index (χ2n) is 6.32. The maximum Gasteiger partial charge on any atom is 0.261 e. The fraction of sp³-hybridized carbons (Fsp3) is 0.562. The molecule has 0 aliphatic rings. The molecule has 10 nitrogen and oxygen atoms in total. The lowest BCUT2D eigenvalue weighted by atomic mass is 10.0. The Labute approximate surface area is 161 Å². The lowest BCUT2D eigenvalue weighted by Gasteiger charge is -2.26. The van der Waals surface area contributed by atoms with Crippen LogP contribution in [-0.4, -0.2) is 52.3 Å². The van der Waals surface area contributed by atoms with Crippen molar-refractivity contribution in [2.75, 3.05) is 12.4 Å². The number of nitrogens with two attached hydrogens (primary N) is 1. The van der Waals surface area contributed by atoms with Gasteiger partial charge in [0, 0.05) is 6.42 Å². The van der Waals surface area contributed by atoms with Crippen molar-refractivity contribution in [3.8, 4) is 0 Å². The number of hydrogen-bond donors (Lipinski definition) is 3. The van der Waals surface area contributed by atoms with E-state index >= 15 is 0 Å². The van der Waals surface area contributed by atoms with Crippen molar-refractivity contribution in [1.29, 1.82) is 0 Å². The molecule has 1 aromatic rings. The van der Waals surface area contributed by atoms with Gasteiger partial charge in [0.25, 0.3) is 17.7 Å². The quantitative estimate of drug-likeness (QED) is 0.395. The second kappa shape index (κ2) is 10.5. The zero-order valence-corrected chi connectivity index (χ0v) is 16.2. The molecule has 0 aliphatic carbocycles. The Bertz CT molecular complexity index is 690. The van der Waals surface area contributed by atoms with E-state index in [2.05, 4.69) is 15.9 Å². The van der Waals surface area contributed by atoms with Crippen molar-refractivity contribution < 1.29 is 23.7 Å². The van der Waals surface area contributed by atoms with Gasteiger partial charge in [0.2, 0.25) is 5.91 Å². The summed E-state index contributed by atoms with van der Waals surface area (Å²) in [5, 5.41) is 7.06. The number of aromatic nitrogens is 1. The van der Waals surface area contributed by atoms with Crippen LogP contribution in [0.1, 0.15) is 42.8 Å². The van der Waals surface area contributed by atoms with E-state index in [-0.39, 0.29) is 30.3 Å². The molecule has 0 spiro atoms. The third kappa shape index (κ3) is 7.26. The zero-order valence-electron chi connectivity index (χ0n) is 15.5. The highest BCUT2D eigenvalue weighted by Crippen LogP contribution is 2.10. The van der Waals surface area contributed by atoms with E-state index in [1.807, 2.05) is 13.8 Å². The zero-order chi connectivity index (χ0) is 20.6. The lowest BCUT2D eigenvalue weighted by molar-refractivity contribution is -0.141. The summed E-state index contributed by atoms with van der Waals surface area (Å²) in [7, 11) is 0. The topological polar surface area (TPSA) is 148 Å². The smallest absolute Gasteiger partial charge is 0.261 e. The Balaban J connectivity index is 2.88. The number of halogens is 1. The van der Waals surface area contributed by atoms with Gasteiger partial charge in [-0.15, -0.1) is 11.6 Å². The van der Waals surface area contributed by atoms with Crippen molar-refractivity contribution in [1.82, 2.24) is 20.9 Å². The van der Waals surface area contributed by atoms with Gasteiger partial charge < -0.3 is 15.6 Å². The summed E-state index contributed by atoms with van der Waals surface area (Å²) in [6.45, 7) is 5.21. The number of nitrogens with zero attached hydrogens (tertiary/aromatic N) is 2. The molecule has 1 atom stereocenters. The van der Waals surface area contributed by atoms with Crippen LogP contribution >= 0.6 is 11.6 Å². The maximum absolute atomic E-state index is 12.6. The summed E-state index contributed by atoms with van der Waals surface area (Å²) in [6.07, 6.45) is 1.43. The summed E-state index contributed by atoms with van der Waals surface area (Å²) >= 11 is 5.53. The molecule has 0 aromatic carbocycles. The largest absolute Gasteiger partial charge is 0.370 e. The minimum Gasteiger partial charge on any atom is -0.370 e. The van der Waals surface area contributed by atoms with Crippen LogP contribution in [0.5, 0.6) is 0 Å². The molecule has 27 heavy (non-hydrogen) atoms. The monoisotopic (exact) mass is 401 g/mol. The lowest BCUT2D eigenvalue weighted by Crippen LogP contribution is -2.55. The molecule has 4 amide bonds. The van der Waals surface area contributed by atoms with Crippen LogP contribution in [0, 0.1) is 12.8 Å². The molecule has 0 aliphatic heterocycles. The normalized spacial score (nSPS) is 11.7. The number of nitrogens with one attached hydrogen (secondary N) is 2. The molecular formula is C16H24ClN5O5. The number of carbonyl (C=O) groups excluding carboxylic acids is 4. The highest BCUT2D eigenvalue weighted by molar-refractivity contribution is 6.27. The average Bonchev–Trinajstić information content (AvgIpc) is 3.02. The number of amides is 4. The number of hydrogen-bond acceptors (Lipinski definition) is 6. The average molecular weight is 402 g/mol. The van der Waals surface area contributed by atoms with Crippen LogP contribution in [0.4, 0.5) is 0 Å². The van der Waals surface area contributed by atoms with Gasteiger partial charge >= 0.3 is 0 Å². The second-order valence-corrected chi connectivity index (χ2v) is 6.59. The highest BCUT2D eigenvalue weighted by Gasteiger charge is 2.27. The first-order valence-electron chi connectivity index (χ1n) is 8.33. The summed E-state index contributed by atoms with van der Waals surface area (Å²) in [5.41, 5.74) is 7.68. The van der Waals surface area contributed by atoms with Gasteiger partial charge in [0.1, 0.15) is 23.2 Å². The number of primary amides is 1. The van der Waals surface area contributed by atoms with Crippen LogP contribution in [0.2, 0.25) is 0 Å². The fourth-order valence-corrected chi connectivity index (χ4v) is 2.35. The number of alkyl halides is 1. The van der Waals surface area contributed by atoms with Gasteiger partial charge in [-0.1, -0.05) is 19.0 Å². The first kappa shape index (κ1) is 22.4. The summed E-state index contributed by atoms with van der Waals surface area (Å²) in [4.78, 5) is 47.8. The fourth-order valence-electron chi connectivity index (χ4n) is 2.20. The Morgan fingerprint density at radius 2 is 2.00 bits per heavy atom. The molecule has 0 fully saturated rings. The molecule has 0 unspecified atom stereocenters. The van der Waals surface area contributed by atoms with Gasteiger partial charge in [-0.25, -0.2) is 0 Å². The number of carbonyl (C=O) groups is 4. The van der Waals surface area contributed by atoms with Gasteiger partial charge in [-0.2, -0.15) is 0 Å². The van der Waals surface area contributed by atoms with E-state index < -0.39 is 29.7 Å². The molecule has 0 saturated carbocycles.